The topological polar surface area (TPSA) is 86.8 Å². The number of hydrogen-bond donors (Lipinski definition) is 1. The highest BCUT2D eigenvalue weighted by atomic mass is 79.9. The SMILES string of the molecule is CC(C)NC(=O)C(Cc1ccccc1)N(Cc1cccc(Br)c1)C(=O)CN(c1ccc(Cl)c(Cl)c1)S(C)(=O)=O. The van der Waals surface area contributed by atoms with E-state index >= 15 is 0 Å². The van der Waals surface area contributed by atoms with Gasteiger partial charge >= 0.3 is 0 Å². The second kappa shape index (κ2) is 13.7. The Bertz CT molecular complexity index is 1420. The molecular formula is C28H30BrCl2N3O4S. The number of rotatable bonds is 11. The molecule has 3 aromatic rings. The Morgan fingerprint density at radius 1 is 0.923 bits per heavy atom. The molecule has 0 aliphatic heterocycles. The standard InChI is InChI=1S/C28H30BrCl2N3O4S/c1-19(2)32-28(36)26(15-20-8-5-4-6-9-20)33(17-21-10-7-11-22(29)14-21)27(35)18-34(39(3,37)38)23-12-13-24(30)25(31)16-23/h4-14,16,19,26H,15,17-18H2,1-3H3,(H,32,36). The van der Waals surface area contributed by atoms with Crippen LogP contribution < -0.4 is 9.62 Å². The lowest BCUT2D eigenvalue weighted by molar-refractivity contribution is -0.140. The number of carbonyl (C=O) groups is 2. The first-order valence-corrected chi connectivity index (χ1v) is 15.6. The molecule has 0 saturated heterocycles. The van der Waals surface area contributed by atoms with Gasteiger partial charge in [0, 0.05) is 23.5 Å². The van der Waals surface area contributed by atoms with Crippen molar-refractivity contribution in [3.63, 3.8) is 0 Å². The van der Waals surface area contributed by atoms with Gasteiger partial charge in [0.25, 0.3) is 0 Å². The molecule has 0 bridgehead atoms. The Balaban J connectivity index is 2.07. The van der Waals surface area contributed by atoms with Gasteiger partial charge in [0.05, 0.1) is 22.0 Å². The Morgan fingerprint density at radius 2 is 1.59 bits per heavy atom. The quantitative estimate of drug-likeness (QED) is 0.288. The van der Waals surface area contributed by atoms with Crippen molar-refractivity contribution in [3.8, 4) is 0 Å². The molecule has 39 heavy (non-hydrogen) atoms. The monoisotopic (exact) mass is 653 g/mol. The van der Waals surface area contributed by atoms with Crippen molar-refractivity contribution in [2.45, 2.75) is 38.9 Å². The summed E-state index contributed by atoms with van der Waals surface area (Å²) in [5, 5.41) is 3.33. The van der Waals surface area contributed by atoms with Gasteiger partial charge in [-0.3, -0.25) is 13.9 Å². The van der Waals surface area contributed by atoms with E-state index in [1.54, 1.807) is 0 Å². The predicted octanol–water partition coefficient (Wildman–Crippen LogP) is 5.69. The van der Waals surface area contributed by atoms with Gasteiger partial charge < -0.3 is 10.2 Å². The van der Waals surface area contributed by atoms with Crippen molar-refractivity contribution in [2.75, 3.05) is 17.1 Å². The van der Waals surface area contributed by atoms with Gasteiger partial charge in [0.2, 0.25) is 21.8 Å². The van der Waals surface area contributed by atoms with E-state index in [-0.39, 0.29) is 40.6 Å². The van der Waals surface area contributed by atoms with Crippen LogP contribution in [0.5, 0.6) is 0 Å². The maximum Gasteiger partial charge on any atom is 0.244 e. The van der Waals surface area contributed by atoms with Crippen molar-refractivity contribution < 1.29 is 18.0 Å². The predicted molar refractivity (Wildman–Crippen MR) is 161 cm³/mol. The molecule has 11 heteroatoms. The molecule has 208 valence electrons. The van der Waals surface area contributed by atoms with Crippen LogP contribution in [0.1, 0.15) is 25.0 Å². The third-order valence-corrected chi connectivity index (χ3v) is 8.19. The third-order valence-electron chi connectivity index (χ3n) is 5.81. The first-order chi connectivity index (χ1) is 18.3. The normalized spacial score (nSPS) is 12.2. The average molecular weight is 655 g/mol. The molecule has 0 saturated carbocycles. The van der Waals surface area contributed by atoms with Crippen molar-refractivity contribution in [3.05, 3.63) is 98.4 Å². The summed E-state index contributed by atoms with van der Waals surface area (Å²) in [6.45, 7) is 3.23. The van der Waals surface area contributed by atoms with Gasteiger partial charge in [-0.25, -0.2) is 8.42 Å². The number of hydrogen-bond acceptors (Lipinski definition) is 4. The Morgan fingerprint density at radius 3 is 2.18 bits per heavy atom. The molecule has 0 aliphatic carbocycles. The number of halogens is 3. The Labute approximate surface area is 248 Å². The number of anilines is 1. The third kappa shape index (κ3) is 8.96. The van der Waals surface area contributed by atoms with Crippen LogP contribution in [0.4, 0.5) is 5.69 Å². The van der Waals surface area contributed by atoms with E-state index in [1.807, 2.05) is 68.4 Å². The van der Waals surface area contributed by atoms with Crippen LogP contribution in [0.3, 0.4) is 0 Å². The van der Waals surface area contributed by atoms with Gasteiger partial charge in [-0.1, -0.05) is 81.6 Å². The minimum Gasteiger partial charge on any atom is -0.352 e. The van der Waals surface area contributed by atoms with E-state index in [4.69, 9.17) is 23.2 Å². The minimum atomic E-state index is -3.90. The van der Waals surface area contributed by atoms with Crippen molar-refractivity contribution in [2.24, 2.45) is 0 Å². The summed E-state index contributed by atoms with van der Waals surface area (Å²) in [5.41, 5.74) is 1.82. The van der Waals surface area contributed by atoms with Crippen LogP contribution >= 0.6 is 39.1 Å². The highest BCUT2D eigenvalue weighted by molar-refractivity contribution is 9.10. The fourth-order valence-electron chi connectivity index (χ4n) is 4.02. The van der Waals surface area contributed by atoms with Crippen LogP contribution in [0.25, 0.3) is 0 Å². The zero-order valence-electron chi connectivity index (χ0n) is 21.8. The smallest absolute Gasteiger partial charge is 0.244 e. The molecule has 0 aromatic heterocycles. The average Bonchev–Trinajstić information content (AvgIpc) is 2.86. The summed E-state index contributed by atoms with van der Waals surface area (Å²) in [4.78, 5) is 29.0. The molecule has 1 unspecified atom stereocenters. The van der Waals surface area contributed by atoms with E-state index in [0.717, 1.165) is 26.2 Å². The summed E-state index contributed by atoms with van der Waals surface area (Å²) in [7, 11) is -3.90. The first kappa shape index (κ1) is 30.9. The summed E-state index contributed by atoms with van der Waals surface area (Å²) in [5.74, 6) is -0.885. The van der Waals surface area contributed by atoms with Gasteiger partial charge in [0.15, 0.2) is 0 Å². The molecular weight excluding hydrogens is 625 g/mol. The Hall–Kier alpha value is -2.59. The lowest BCUT2D eigenvalue weighted by atomic mass is 10.0. The summed E-state index contributed by atoms with van der Waals surface area (Å²) >= 11 is 15.6. The number of amides is 2. The number of nitrogens with one attached hydrogen (secondary N) is 1. The van der Waals surface area contributed by atoms with Crippen LogP contribution in [-0.4, -0.2) is 50.0 Å². The lowest BCUT2D eigenvalue weighted by Crippen LogP contribution is -2.54. The maximum atomic E-state index is 14.0. The van der Waals surface area contributed by atoms with Crippen LogP contribution in [0, 0.1) is 0 Å². The zero-order valence-corrected chi connectivity index (χ0v) is 25.7. The number of carbonyl (C=O) groups excluding carboxylic acids is 2. The minimum absolute atomic E-state index is 0.0836. The Kier molecular flexibility index (Phi) is 10.8. The molecule has 2 amide bonds. The molecule has 0 heterocycles. The summed E-state index contributed by atoms with van der Waals surface area (Å²) in [6, 6.07) is 20.0. The van der Waals surface area contributed by atoms with E-state index in [9.17, 15) is 18.0 Å². The molecule has 3 aromatic carbocycles. The van der Waals surface area contributed by atoms with Gasteiger partial charge in [-0.05, 0) is 55.3 Å². The van der Waals surface area contributed by atoms with Crippen molar-refractivity contribution in [1.82, 2.24) is 10.2 Å². The molecule has 0 spiro atoms. The fourth-order valence-corrected chi connectivity index (χ4v) is 5.60. The van der Waals surface area contributed by atoms with E-state index in [2.05, 4.69) is 21.2 Å². The van der Waals surface area contributed by atoms with Gasteiger partial charge in [0.1, 0.15) is 12.6 Å². The second-order valence-electron chi connectivity index (χ2n) is 9.39. The molecule has 0 fully saturated rings. The lowest BCUT2D eigenvalue weighted by Gasteiger charge is -2.34. The molecule has 1 atom stereocenters. The van der Waals surface area contributed by atoms with Gasteiger partial charge in [-0.2, -0.15) is 0 Å². The van der Waals surface area contributed by atoms with E-state index in [1.165, 1.54) is 23.1 Å². The number of nitrogens with zero attached hydrogens (tertiary/aromatic N) is 2. The van der Waals surface area contributed by atoms with Crippen molar-refractivity contribution >= 4 is 66.7 Å². The van der Waals surface area contributed by atoms with E-state index in [0.29, 0.717) is 0 Å². The molecule has 7 nitrogen and oxygen atoms in total. The zero-order chi connectivity index (χ0) is 28.7. The molecule has 0 radical (unpaired) electrons. The summed E-state index contributed by atoms with van der Waals surface area (Å²) < 4.78 is 27.4. The van der Waals surface area contributed by atoms with Crippen LogP contribution in [-0.2, 0) is 32.6 Å². The second-order valence-corrected chi connectivity index (χ2v) is 13.0. The first-order valence-electron chi connectivity index (χ1n) is 12.2. The van der Waals surface area contributed by atoms with Crippen LogP contribution in [0.15, 0.2) is 77.3 Å². The molecule has 0 aliphatic rings. The number of benzene rings is 3. The summed E-state index contributed by atoms with van der Waals surface area (Å²) in [6.07, 6.45) is 1.25. The highest BCUT2D eigenvalue weighted by Crippen LogP contribution is 2.29. The maximum absolute atomic E-state index is 14.0. The molecule has 1 N–H and O–H groups in total. The fraction of sp³-hybridized carbons (Fsp3) is 0.286. The largest absolute Gasteiger partial charge is 0.352 e. The van der Waals surface area contributed by atoms with Crippen LogP contribution in [0.2, 0.25) is 10.0 Å². The van der Waals surface area contributed by atoms with Crippen molar-refractivity contribution in [1.29, 1.82) is 0 Å². The number of sulfonamides is 1. The molecule has 3 rings (SSSR count). The van der Waals surface area contributed by atoms with Gasteiger partial charge in [-0.15, -0.1) is 0 Å². The highest BCUT2D eigenvalue weighted by Gasteiger charge is 2.33. The van der Waals surface area contributed by atoms with E-state index < -0.39 is 28.5 Å².